The summed E-state index contributed by atoms with van der Waals surface area (Å²) in [4.78, 5) is 18.6. The largest absolute Gasteiger partial charge is 0.456 e. The maximum absolute atomic E-state index is 11.8. The number of piperidine rings is 1. The molecule has 104 valence electrons. The van der Waals surface area contributed by atoms with Crippen LogP contribution in [0, 0.1) is 5.92 Å². The quantitative estimate of drug-likeness (QED) is 0.622. The number of hydrogen-bond acceptors (Lipinski definition) is 3. The molecule has 1 aromatic heterocycles. The summed E-state index contributed by atoms with van der Waals surface area (Å²) in [5, 5.41) is 2.31. The van der Waals surface area contributed by atoms with Gasteiger partial charge >= 0.3 is 5.97 Å². The van der Waals surface area contributed by atoms with Gasteiger partial charge < -0.3 is 15.0 Å². The van der Waals surface area contributed by atoms with Crippen LogP contribution >= 0.6 is 0 Å². The SMILES string of the molecule is CC(C)(OC(=O)/C=C/c1cnc[nH]1)C1CC[NH2+]CC1. The molecule has 1 aliphatic rings. The number of H-pyrrole nitrogens is 1. The number of esters is 1. The maximum atomic E-state index is 11.8. The van der Waals surface area contributed by atoms with Gasteiger partial charge in [-0.1, -0.05) is 0 Å². The third-order valence-electron chi connectivity index (χ3n) is 3.70. The monoisotopic (exact) mass is 264 g/mol. The van der Waals surface area contributed by atoms with Crippen LogP contribution in [0.5, 0.6) is 0 Å². The van der Waals surface area contributed by atoms with Gasteiger partial charge in [-0.05, 0) is 19.9 Å². The zero-order valence-electron chi connectivity index (χ0n) is 11.6. The van der Waals surface area contributed by atoms with Crippen molar-refractivity contribution >= 4 is 12.0 Å². The fourth-order valence-electron chi connectivity index (χ4n) is 2.51. The van der Waals surface area contributed by atoms with Gasteiger partial charge in [0, 0.05) is 24.8 Å². The number of carbonyl (C=O) groups excluding carboxylic acids is 1. The van der Waals surface area contributed by atoms with Crippen molar-refractivity contribution in [2.24, 2.45) is 5.92 Å². The molecule has 2 heterocycles. The van der Waals surface area contributed by atoms with E-state index < -0.39 is 5.60 Å². The van der Waals surface area contributed by atoms with Crippen LogP contribution in [0.25, 0.3) is 6.08 Å². The van der Waals surface area contributed by atoms with Crippen molar-refractivity contribution in [1.82, 2.24) is 9.97 Å². The summed E-state index contributed by atoms with van der Waals surface area (Å²) in [6, 6.07) is 0. The lowest BCUT2D eigenvalue weighted by Gasteiger charge is -2.35. The standard InChI is InChI=1S/C14H21N3O2/c1-14(2,11-5-7-15-8-6-11)19-13(18)4-3-12-9-16-10-17-12/h3-4,9-11,15H,5-8H2,1-2H3,(H,16,17)/p+1/b4-3+. The third kappa shape index (κ3) is 3.92. The molecule has 1 aliphatic heterocycles. The minimum Gasteiger partial charge on any atom is -0.456 e. The second kappa shape index (κ2) is 6.02. The van der Waals surface area contributed by atoms with Crippen molar-refractivity contribution in [1.29, 1.82) is 0 Å². The van der Waals surface area contributed by atoms with E-state index in [-0.39, 0.29) is 5.97 Å². The fraction of sp³-hybridized carbons (Fsp3) is 0.571. The van der Waals surface area contributed by atoms with Gasteiger partial charge in [0.1, 0.15) is 5.60 Å². The van der Waals surface area contributed by atoms with E-state index in [4.69, 9.17) is 4.74 Å². The number of nitrogens with zero attached hydrogens (tertiary/aromatic N) is 1. The molecule has 0 aliphatic carbocycles. The van der Waals surface area contributed by atoms with Gasteiger partial charge in [0.2, 0.25) is 0 Å². The lowest BCUT2D eigenvalue weighted by molar-refractivity contribution is -0.665. The van der Waals surface area contributed by atoms with Crippen molar-refractivity contribution < 1.29 is 14.8 Å². The Labute approximate surface area is 113 Å². The average molecular weight is 264 g/mol. The lowest BCUT2D eigenvalue weighted by Crippen LogP contribution is -2.86. The van der Waals surface area contributed by atoms with Gasteiger partial charge in [0.15, 0.2) is 0 Å². The third-order valence-corrected chi connectivity index (χ3v) is 3.70. The van der Waals surface area contributed by atoms with E-state index >= 15 is 0 Å². The molecule has 5 heteroatoms. The van der Waals surface area contributed by atoms with Gasteiger partial charge in [-0.15, -0.1) is 0 Å². The predicted octanol–water partition coefficient (Wildman–Crippen LogP) is 0.718. The first-order valence-corrected chi connectivity index (χ1v) is 6.79. The topological polar surface area (TPSA) is 71.6 Å². The molecule has 0 atom stereocenters. The molecular formula is C14H22N3O2+. The Kier molecular flexibility index (Phi) is 4.37. The summed E-state index contributed by atoms with van der Waals surface area (Å²) in [6.45, 7) is 6.25. The number of carbonyl (C=O) groups is 1. The molecule has 0 saturated carbocycles. The van der Waals surface area contributed by atoms with E-state index in [1.807, 2.05) is 13.8 Å². The number of rotatable bonds is 4. The summed E-state index contributed by atoms with van der Waals surface area (Å²) in [5.74, 6) is 0.149. The van der Waals surface area contributed by atoms with E-state index in [0.29, 0.717) is 5.92 Å². The molecule has 1 saturated heterocycles. The number of quaternary nitrogens is 1. The second-order valence-electron chi connectivity index (χ2n) is 5.51. The van der Waals surface area contributed by atoms with Crippen molar-refractivity contribution in [3.8, 4) is 0 Å². The highest BCUT2D eigenvalue weighted by Crippen LogP contribution is 2.28. The van der Waals surface area contributed by atoms with Crippen LogP contribution in [0.15, 0.2) is 18.6 Å². The maximum Gasteiger partial charge on any atom is 0.331 e. The highest BCUT2D eigenvalue weighted by atomic mass is 16.6. The van der Waals surface area contributed by atoms with Crippen LogP contribution < -0.4 is 5.32 Å². The molecule has 1 fully saturated rings. The molecule has 0 amide bonds. The number of nitrogens with one attached hydrogen (secondary N) is 1. The smallest absolute Gasteiger partial charge is 0.331 e. The van der Waals surface area contributed by atoms with Gasteiger partial charge in [-0.2, -0.15) is 0 Å². The molecule has 0 radical (unpaired) electrons. The van der Waals surface area contributed by atoms with E-state index in [9.17, 15) is 4.79 Å². The number of hydrogen-bond donors (Lipinski definition) is 2. The number of imidazole rings is 1. The van der Waals surface area contributed by atoms with Crippen LogP contribution in [0.2, 0.25) is 0 Å². The lowest BCUT2D eigenvalue weighted by atomic mass is 9.83. The molecule has 0 bridgehead atoms. The summed E-state index contributed by atoms with van der Waals surface area (Å²) in [5.41, 5.74) is 0.394. The van der Waals surface area contributed by atoms with Crippen LogP contribution in [0.3, 0.4) is 0 Å². The molecule has 2 rings (SSSR count). The van der Waals surface area contributed by atoms with Gasteiger partial charge in [-0.3, -0.25) is 0 Å². The van der Waals surface area contributed by atoms with Gasteiger partial charge in [0.05, 0.1) is 31.3 Å². The fourth-order valence-corrected chi connectivity index (χ4v) is 2.51. The highest BCUT2D eigenvalue weighted by Gasteiger charge is 2.34. The van der Waals surface area contributed by atoms with Crippen LogP contribution in [0.1, 0.15) is 32.4 Å². The summed E-state index contributed by atoms with van der Waals surface area (Å²) < 4.78 is 5.60. The summed E-state index contributed by atoms with van der Waals surface area (Å²) >= 11 is 0. The van der Waals surface area contributed by atoms with Crippen molar-refractivity contribution in [2.75, 3.05) is 13.1 Å². The Bertz CT molecular complexity index is 432. The number of ether oxygens (including phenoxy) is 1. The Morgan fingerprint density at radius 2 is 2.26 bits per heavy atom. The number of aromatic nitrogens is 2. The highest BCUT2D eigenvalue weighted by molar-refractivity contribution is 5.86. The zero-order chi connectivity index (χ0) is 13.7. The number of nitrogens with two attached hydrogens (primary N) is 1. The minimum atomic E-state index is -0.399. The molecule has 0 aromatic carbocycles. The van der Waals surface area contributed by atoms with E-state index in [1.54, 1.807) is 18.6 Å². The van der Waals surface area contributed by atoms with Crippen molar-refractivity contribution in [3.63, 3.8) is 0 Å². The Morgan fingerprint density at radius 3 is 2.89 bits per heavy atom. The molecule has 0 spiro atoms. The average Bonchev–Trinajstić information content (AvgIpc) is 2.90. The molecule has 1 aromatic rings. The Balaban J connectivity index is 1.89. The van der Waals surface area contributed by atoms with Crippen LogP contribution in [-0.2, 0) is 9.53 Å². The van der Waals surface area contributed by atoms with Crippen molar-refractivity contribution in [2.45, 2.75) is 32.3 Å². The first-order valence-electron chi connectivity index (χ1n) is 6.79. The van der Waals surface area contributed by atoms with Crippen LogP contribution in [0.4, 0.5) is 0 Å². The van der Waals surface area contributed by atoms with E-state index in [1.165, 1.54) is 6.08 Å². The Hall–Kier alpha value is -1.62. The zero-order valence-corrected chi connectivity index (χ0v) is 11.6. The van der Waals surface area contributed by atoms with Gasteiger partial charge in [-0.25, -0.2) is 9.78 Å². The first kappa shape index (κ1) is 13.8. The predicted molar refractivity (Wildman–Crippen MR) is 72.2 cm³/mol. The molecule has 0 unspecified atom stereocenters. The molecule has 3 N–H and O–H groups in total. The first-order chi connectivity index (χ1) is 9.08. The summed E-state index contributed by atoms with van der Waals surface area (Å²) in [6.07, 6.45) is 8.57. The van der Waals surface area contributed by atoms with Gasteiger partial charge in [0.25, 0.3) is 0 Å². The molecule has 5 nitrogen and oxygen atoms in total. The van der Waals surface area contributed by atoms with E-state index in [2.05, 4.69) is 15.3 Å². The van der Waals surface area contributed by atoms with E-state index in [0.717, 1.165) is 31.6 Å². The Morgan fingerprint density at radius 1 is 1.53 bits per heavy atom. The second-order valence-corrected chi connectivity index (χ2v) is 5.51. The molecular weight excluding hydrogens is 242 g/mol. The van der Waals surface area contributed by atoms with Crippen molar-refractivity contribution in [3.05, 3.63) is 24.3 Å². The number of aromatic amines is 1. The normalized spacial score (nSPS) is 17.8. The minimum absolute atomic E-state index is 0.297. The molecule has 19 heavy (non-hydrogen) atoms. The summed E-state index contributed by atoms with van der Waals surface area (Å²) in [7, 11) is 0. The van der Waals surface area contributed by atoms with Crippen LogP contribution in [-0.4, -0.2) is 34.6 Å².